The van der Waals surface area contributed by atoms with Gasteiger partial charge in [-0.1, -0.05) is 12.1 Å². The van der Waals surface area contributed by atoms with Crippen molar-refractivity contribution in [2.75, 3.05) is 5.32 Å². The first-order valence-corrected chi connectivity index (χ1v) is 10.6. The summed E-state index contributed by atoms with van der Waals surface area (Å²) in [5, 5.41) is 14.7. The van der Waals surface area contributed by atoms with Gasteiger partial charge in [0.15, 0.2) is 0 Å². The van der Waals surface area contributed by atoms with Crippen molar-refractivity contribution in [1.82, 2.24) is 10.3 Å². The van der Waals surface area contributed by atoms with E-state index in [1.807, 2.05) is 0 Å². The molecule has 0 radical (unpaired) electrons. The standard InChI is InChI=1S/C23H22F6N4O/c1-13(12-30)14-3-2-4-15(9-14)21(34)32-17-7-5-16(6-8-17)31-18-10-19(22(24,25)26)33-20(11-18)23(27,28)29/h2-4,9-11,13,16-17H,5-8H2,1H3,(H,31,33)(H,32,34)/t13?,16-,17+. The SMILES string of the molecule is CC(C#N)c1cccc(C(=O)N[C@H]2CC[C@@H](Nc3cc(C(F)(F)F)nc(C(F)(F)F)c3)CC2)c1. The lowest BCUT2D eigenvalue weighted by Gasteiger charge is -2.30. The van der Waals surface area contributed by atoms with Crippen LogP contribution in [0.15, 0.2) is 36.4 Å². The molecule has 1 aromatic carbocycles. The summed E-state index contributed by atoms with van der Waals surface area (Å²) in [5.74, 6) is -0.666. The molecule has 2 aromatic rings. The van der Waals surface area contributed by atoms with E-state index >= 15 is 0 Å². The molecule has 182 valence electrons. The van der Waals surface area contributed by atoms with Crippen molar-refractivity contribution in [1.29, 1.82) is 5.26 Å². The monoisotopic (exact) mass is 484 g/mol. The van der Waals surface area contributed by atoms with Crippen LogP contribution in [0.25, 0.3) is 0 Å². The predicted molar refractivity (Wildman–Crippen MR) is 112 cm³/mol. The summed E-state index contributed by atoms with van der Waals surface area (Å²) >= 11 is 0. The van der Waals surface area contributed by atoms with Crippen LogP contribution in [0, 0.1) is 11.3 Å². The van der Waals surface area contributed by atoms with Gasteiger partial charge < -0.3 is 10.6 Å². The van der Waals surface area contributed by atoms with Gasteiger partial charge in [-0.3, -0.25) is 4.79 Å². The average molecular weight is 484 g/mol. The Hall–Kier alpha value is -3.29. The fraction of sp³-hybridized carbons (Fsp3) is 0.435. The minimum atomic E-state index is -5.01. The Balaban J connectivity index is 1.61. The van der Waals surface area contributed by atoms with Crippen LogP contribution in [0.3, 0.4) is 0 Å². The number of aromatic nitrogens is 1. The first-order valence-electron chi connectivity index (χ1n) is 10.6. The first-order chi connectivity index (χ1) is 15.9. The fourth-order valence-corrected chi connectivity index (χ4v) is 3.81. The van der Waals surface area contributed by atoms with Crippen LogP contribution in [0.5, 0.6) is 0 Å². The lowest BCUT2D eigenvalue weighted by molar-refractivity contribution is -0.150. The molecule has 3 rings (SSSR count). The molecule has 2 N–H and O–H groups in total. The van der Waals surface area contributed by atoms with Gasteiger partial charge in [0, 0.05) is 23.3 Å². The Kier molecular flexibility index (Phi) is 7.38. The number of nitriles is 1. The van der Waals surface area contributed by atoms with Gasteiger partial charge in [-0.2, -0.15) is 31.6 Å². The maximum absolute atomic E-state index is 13.0. The Morgan fingerprint density at radius 3 is 2.09 bits per heavy atom. The van der Waals surface area contributed by atoms with E-state index in [1.54, 1.807) is 31.2 Å². The number of pyridine rings is 1. The number of carbonyl (C=O) groups excluding carboxylic acids is 1. The summed E-state index contributed by atoms with van der Waals surface area (Å²) in [4.78, 5) is 15.3. The number of hydrogen-bond donors (Lipinski definition) is 2. The van der Waals surface area contributed by atoms with E-state index in [-0.39, 0.29) is 29.6 Å². The molecule has 1 atom stereocenters. The molecule has 1 amide bonds. The van der Waals surface area contributed by atoms with Crippen molar-refractivity contribution < 1.29 is 31.1 Å². The number of hydrogen-bond acceptors (Lipinski definition) is 4. The number of amides is 1. The molecule has 1 aliphatic rings. The quantitative estimate of drug-likeness (QED) is 0.518. The third kappa shape index (κ3) is 6.40. The Morgan fingerprint density at radius 2 is 1.56 bits per heavy atom. The number of rotatable bonds is 5. The second-order valence-corrected chi connectivity index (χ2v) is 8.26. The summed E-state index contributed by atoms with van der Waals surface area (Å²) in [7, 11) is 0. The largest absolute Gasteiger partial charge is 0.433 e. The molecule has 11 heteroatoms. The van der Waals surface area contributed by atoms with Gasteiger partial charge in [0.05, 0.1) is 12.0 Å². The van der Waals surface area contributed by atoms with Crippen LogP contribution in [0.2, 0.25) is 0 Å². The second-order valence-electron chi connectivity index (χ2n) is 8.26. The van der Waals surface area contributed by atoms with E-state index in [4.69, 9.17) is 5.26 Å². The van der Waals surface area contributed by atoms with Crippen LogP contribution in [0.1, 0.15) is 65.8 Å². The molecule has 34 heavy (non-hydrogen) atoms. The molecule has 1 aromatic heterocycles. The number of alkyl halides is 6. The lowest BCUT2D eigenvalue weighted by Crippen LogP contribution is -2.40. The number of halogens is 6. The molecule has 0 spiro atoms. The van der Waals surface area contributed by atoms with Crippen LogP contribution in [-0.4, -0.2) is 23.0 Å². The zero-order chi connectivity index (χ0) is 25.1. The second kappa shape index (κ2) is 9.91. The lowest BCUT2D eigenvalue weighted by atomic mass is 9.90. The van der Waals surface area contributed by atoms with E-state index in [0.29, 0.717) is 43.4 Å². The molecule has 0 saturated heterocycles. The normalized spacial score (nSPS) is 19.7. The van der Waals surface area contributed by atoms with Crippen LogP contribution >= 0.6 is 0 Å². The van der Waals surface area contributed by atoms with Crippen LogP contribution < -0.4 is 10.6 Å². The highest BCUT2D eigenvalue weighted by Gasteiger charge is 2.39. The zero-order valence-electron chi connectivity index (χ0n) is 18.1. The molecular formula is C23H22F6N4O. The highest BCUT2D eigenvalue weighted by Crippen LogP contribution is 2.35. The molecule has 1 fully saturated rings. The number of nitrogens with zero attached hydrogens (tertiary/aromatic N) is 2. The molecule has 1 unspecified atom stereocenters. The molecule has 1 aliphatic carbocycles. The van der Waals surface area contributed by atoms with Crippen LogP contribution in [0.4, 0.5) is 32.0 Å². The van der Waals surface area contributed by atoms with Gasteiger partial charge in [0.1, 0.15) is 11.4 Å². The molecule has 5 nitrogen and oxygen atoms in total. The summed E-state index contributed by atoms with van der Waals surface area (Å²) < 4.78 is 78.0. The van der Waals surface area contributed by atoms with Gasteiger partial charge in [-0.25, -0.2) is 4.98 Å². The number of benzene rings is 1. The third-order valence-electron chi connectivity index (χ3n) is 5.68. The maximum atomic E-state index is 13.0. The van der Waals surface area contributed by atoms with Gasteiger partial charge in [-0.15, -0.1) is 0 Å². The van der Waals surface area contributed by atoms with Crippen molar-refractivity contribution in [2.24, 2.45) is 0 Å². The van der Waals surface area contributed by atoms with Crippen molar-refractivity contribution >= 4 is 11.6 Å². The molecular weight excluding hydrogens is 462 g/mol. The zero-order valence-corrected chi connectivity index (χ0v) is 18.1. The topological polar surface area (TPSA) is 77.8 Å². The van der Waals surface area contributed by atoms with Gasteiger partial charge >= 0.3 is 12.4 Å². The number of nitrogens with one attached hydrogen (secondary N) is 2. The van der Waals surface area contributed by atoms with E-state index in [9.17, 15) is 31.1 Å². The smallest absolute Gasteiger partial charge is 0.382 e. The first kappa shape index (κ1) is 25.3. The van der Waals surface area contributed by atoms with E-state index in [2.05, 4.69) is 21.7 Å². The molecule has 1 heterocycles. The molecule has 1 saturated carbocycles. The van der Waals surface area contributed by atoms with E-state index < -0.39 is 23.7 Å². The molecule has 0 aliphatic heterocycles. The number of carbonyl (C=O) groups is 1. The average Bonchev–Trinajstić information content (AvgIpc) is 2.78. The summed E-state index contributed by atoms with van der Waals surface area (Å²) in [5.41, 5.74) is -2.39. The Labute approximate surface area is 192 Å². The summed E-state index contributed by atoms with van der Waals surface area (Å²) in [6.45, 7) is 1.73. The van der Waals surface area contributed by atoms with Gasteiger partial charge in [0.2, 0.25) is 0 Å². The van der Waals surface area contributed by atoms with Gasteiger partial charge in [-0.05, 0) is 62.4 Å². The Morgan fingerprint density at radius 1 is 1.00 bits per heavy atom. The Bertz CT molecular complexity index is 1040. The predicted octanol–water partition coefficient (Wildman–Crippen LogP) is 5.90. The van der Waals surface area contributed by atoms with Gasteiger partial charge in [0.25, 0.3) is 5.91 Å². The highest BCUT2D eigenvalue weighted by atomic mass is 19.4. The summed E-state index contributed by atoms with van der Waals surface area (Å²) in [6.07, 6.45) is -8.13. The number of anilines is 1. The highest BCUT2D eigenvalue weighted by molar-refractivity contribution is 5.94. The minimum absolute atomic E-state index is 0.184. The minimum Gasteiger partial charge on any atom is -0.382 e. The van der Waals surface area contributed by atoms with Crippen molar-refractivity contribution in [2.45, 2.75) is 63.0 Å². The van der Waals surface area contributed by atoms with Crippen molar-refractivity contribution in [3.63, 3.8) is 0 Å². The van der Waals surface area contributed by atoms with E-state index in [0.717, 1.165) is 5.56 Å². The maximum Gasteiger partial charge on any atom is 0.433 e. The van der Waals surface area contributed by atoms with Crippen molar-refractivity contribution in [3.8, 4) is 6.07 Å². The third-order valence-corrected chi connectivity index (χ3v) is 5.68. The van der Waals surface area contributed by atoms with Crippen LogP contribution in [-0.2, 0) is 12.4 Å². The fourth-order valence-electron chi connectivity index (χ4n) is 3.81. The van der Waals surface area contributed by atoms with Crippen molar-refractivity contribution in [3.05, 3.63) is 58.9 Å². The molecule has 0 bridgehead atoms. The summed E-state index contributed by atoms with van der Waals surface area (Å²) in [6, 6.07) is 9.45. The van der Waals surface area contributed by atoms with E-state index in [1.165, 1.54) is 0 Å².